The summed E-state index contributed by atoms with van der Waals surface area (Å²) in [6.07, 6.45) is 1.84. The fourth-order valence-electron chi connectivity index (χ4n) is 0. The van der Waals surface area contributed by atoms with Crippen molar-refractivity contribution in [2.45, 2.75) is 5.28 Å². The molecule has 0 aliphatic rings. The van der Waals surface area contributed by atoms with E-state index >= 15 is 0 Å². The zero-order valence-corrected chi connectivity index (χ0v) is 7.65. The van der Waals surface area contributed by atoms with Gasteiger partial charge in [0, 0.05) is 0 Å². The van der Waals surface area contributed by atoms with E-state index in [4.69, 9.17) is 0 Å². The molecule has 0 atom stereocenters. The molecule has 0 unspecified atom stereocenters. The topological polar surface area (TPSA) is 0 Å². The Balaban J connectivity index is -0.0000000450. The van der Waals surface area contributed by atoms with Crippen LogP contribution in [-0.4, -0.2) is 16.3 Å². The van der Waals surface area contributed by atoms with Gasteiger partial charge in [0.25, 0.3) is 0 Å². The third-order valence-corrected chi connectivity index (χ3v) is 0.500. The summed E-state index contributed by atoms with van der Waals surface area (Å²) in [6, 6.07) is 0. The first kappa shape index (κ1) is 15.7. The molecule has 0 nitrogen and oxygen atoms in total. The molecule has 0 aromatic heterocycles. The molecule has 6 heavy (non-hydrogen) atoms. The van der Waals surface area contributed by atoms with Crippen LogP contribution in [0.25, 0.3) is 0 Å². The maximum atomic E-state index is 3.46. The Morgan fingerprint density at radius 2 is 1.67 bits per heavy atom. The summed E-state index contributed by atoms with van der Waals surface area (Å²) in [5.41, 5.74) is 0. The predicted octanol–water partition coefficient (Wildman–Crippen LogP) is -5.23. The Labute approximate surface area is 68.0 Å². The summed E-state index contributed by atoms with van der Waals surface area (Å²) >= 11 is 2.54. The van der Waals surface area contributed by atoms with Crippen LogP contribution in [0.15, 0.2) is 12.7 Å². The molecule has 0 fully saturated rings. The van der Waals surface area contributed by atoms with E-state index in [1.54, 1.807) is 0 Å². The first-order valence-corrected chi connectivity index (χ1v) is 2.04. The van der Waals surface area contributed by atoms with Gasteiger partial charge in [-0.1, -0.05) is 0 Å². The Kier molecular flexibility index (Phi) is 42.7. The average Bonchev–Trinajstić information content (AvgIpc) is 1.37. The van der Waals surface area contributed by atoms with Crippen molar-refractivity contribution in [3.05, 3.63) is 12.7 Å². The molecule has 0 saturated heterocycles. The van der Waals surface area contributed by atoms with Gasteiger partial charge in [-0.25, -0.2) is 0 Å². The fourth-order valence-corrected chi connectivity index (χ4v) is 0. The number of allylic oxidation sites excluding steroid dienone is 1. The number of hydrogen-bond acceptors (Lipinski definition) is 0. The van der Waals surface area contributed by atoms with E-state index in [9.17, 15) is 0 Å². The summed E-state index contributed by atoms with van der Waals surface area (Å²) in [4.78, 5) is 0. The van der Waals surface area contributed by atoms with E-state index in [2.05, 4.69) is 22.9 Å². The normalized spacial score (nSPS) is 4.33. The molecule has 0 bridgehead atoms. The standard InChI is InChI=1S/C3H5.Al.2BrH/c1-3-2;;;/h3H,1-2H2;;2*1H/q;+2;;/p-2. The molecular weight excluding hydrogens is 223 g/mol. The van der Waals surface area contributed by atoms with Crippen LogP contribution in [-0.2, 0) is 0 Å². The second kappa shape index (κ2) is 16.3. The second-order valence-electron chi connectivity index (χ2n) is 0.524. The zero-order chi connectivity index (χ0) is 3.41. The quantitative estimate of drug-likeness (QED) is 0.311. The minimum Gasteiger partial charge on any atom is -1.00 e. The molecule has 34 valence electrons. The number of halogens is 2. The van der Waals surface area contributed by atoms with E-state index in [0.717, 1.165) is 5.28 Å². The molecule has 0 aliphatic heterocycles. The second-order valence-corrected chi connectivity index (χ2v) is 0.996. The third-order valence-electron chi connectivity index (χ3n) is 0.167. The van der Waals surface area contributed by atoms with Crippen LogP contribution in [0, 0.1) is 0 Å². The predicted molar refractivity (Wildman–Crippen MR) is 20.8 cm³/mol. The molecule has 3 heteroatoms. The van der Waals surface area contributed by atoms with Crippen molar-refractivity contribution in [2.24, 2.45) is 0 Å². The summed E-state index contributed by atoms with van der Waals surface area (Å²) in [7, 11) is 0. The molecule has 0 amide bonds. The van der Waals surface area contributed by atoms with Gasteiger partial charge in [0.1, 0.15) is 0 Å². The van der Waals surface area contributed by atoms with Crippen molar-refractivity contribution in [2.75, 3.05) is 0 Å². The minimum atomic E-state index is 0. The van der Waals surface area contributed by atoms with Crippen molar-refractivity contribution < 1.29 is 34.0 Å². The maximum Gasteiger partial charge on any atom is -1.00 e. The van der Waals surface area contributed by atoms with Gasteiger partial charge in [-0.3, -0.25) is 0 Å². The summed E-state index contributed by atoms with van der Waals surface area (Å²) < 4.78 is 0. The van der Waals surface area contributed by atoms with Crippen molar-refractivity contribution in [3.8, 4) is 0 Å². The van der Waals surface area contributed by atoms with Crippen molar-refractivity contribution in [1.82, 2.24) is 0 Å². The first-order valence-electron chi connectivity index (χ1n) is 1.22. The molecular formula is C3H5AlBr2. The minimum absolute atomic E-state index is 0. The maximum absolute atomic E-state index is 3.46. The fraction of sp³-hybridized carbons (Fsp3) is 0.333. The van der Waals surface area contributed by atoms with Gasteiger partial charge in [-0.05, 0) is 0 Å². The molecule has 0 heterocycles. The number of hydrogen-bond donors (Lipinski definition) is 0. The van der Waals surface area contributed by atoms with Crippen molar-refractivity contribution >= 4 is 16.3 Å². The number of rotatable bonds is 1. The summed E-state index contributed by atoms with van der Waals surface area (Å²) in [5, 5.41) is 1.00. The SMILES string of the molecule is C=C[CH2][Al+2].[Br-].[Br-]. The van der Waals surface area contributed by atoms with Gasteiger partial charge in [0.05, 0.1) is 0 Å². The monoisotopic (exact) mass is 226 g/mol. The Morgan fingerprint density at radius 3 is 1.67 bits per heavy atom. The molecule has 0 spiro atoms. The van der Waals surface area contributed by atoms with Crippen LogP contribution in [0.1, 0.15) is 0 Å². The van der Waals surface area contributed by atoms with Gasteiger partial charge in [0.2, 0.25) is 0 Å². The van der Waals surface area contributed by atoms with Gasteiger partial charge in [0.15, 0.2) is 0 Å². The molecule has 0 aliphatic carbocycles. The van der Waals surface area contributed by atoms with Crippen LogP contribution in [0.5, 0.6) is 0 Å². The van der Waals surface area contributed by atoms with E-state index in [0.29, 0.717) is 0 Å². The van der Waals surface area contributed by atoms with Crippen LogP contribution in [0.2, 0.25) is 5.28 Å². The van der Waals surface area contributed by atoms with Gasteiger partial charge >= 0.3 is 34.2 Å². The Bertz CT molecular complexity index is 22.8. The molecule has 0 N–H and O–H groups in total. The first-order chi connectivity index (χ1) is 1.91. The van der Waals surface area contributed by atoms with E-state index in [1.807, 2.05) is 6.08 Å². The van der Waals surface area contributed by atoms with E-state index < -0.39 is 0 Å². The zero-order valence-electron chi connectivity index (χ0n) is 3.32. The molecule has 0 rings (SSSR count). The Morgan fingerprint density at radius 1 is 1.50 bits per heavy atom. The van der Waals surface area contributed by atoms with Crippen molar-refractivity contribution in [3.63, 3.8) is 0 Å². The average molecular weight is 228 g/mol. The van der Waals surface area contributed by atoms with Gasteiger partial charge < -0.3 is 34.0 Å². The van der Waals surface area contributed by atoms with Crippen LogP contribution in [0.4, 0.5) is 0 Å². The molecule has 0 aromatic carbocycles. The molecule has 0 radical (unpaired) electrons. The Hall–Kier alpha value is 1.23. The van der Waals surface area contributed by atoms with Crippen LogP contribution >= 0.6 is 0 Å². The summed E-state index contributed by atoms with van der Waals surface area (Å²) in [5.74, 6) is 0. The summed E-state index contributed by atoms with van der Waals surface area (Å²) in [6.45, 7) is 3.46. The molecule has 0 saturated carbocycles. The smallest absolute Gasteiger partial charge is 1.00 e. The van der Waals surface area contributed by atoms with E-state index in [-0.39, 0.29) is 34.0 Å². The van der Waals surface area contributed by atoms with Crippen molar-refractivity contribution in [1.29, 1.82) is 0 Å². The van der Waals surface area contributed by atoms with Crippen LogP contribution < -0.4 is 34.0 Å². The largest absolute Gasteiger partial charge is 1.00 e. The van der Waals surface area contributed by atoms with E-state index in [1.165, 1.54) is 0 Å². The van der Waals surface area contributed by atoms with Gasteiger partial charge in [-0.2, -0.15) is 0 Å². The van der Waals surface area contributed by atoms with Crippen LogP contribution in [0.3, 0.4) is 0 Å². The third kappa shape index (κ3) is 18.8. The van der Waals surface area contributed by atoms with Gasteiger partial charge in [-0.15, -0.1) is 0 Å². The molecule has 0 aromatic rings.